The molecule has 0 amide bonds. The van der Waals surface area contributed by atoms with E-state index in [1.807, 2.05) is 6.92 Å². The number of ether oxygens (including phenoxy) is 2. The summed E-state index contributed by atoms with van der Waals surface area (Å²) < 4.78 is 34.3. The number of esters is 1. The summed E-state index contributed by atoms with van der Waals surface area (Å²) in [5.41, 5.74) is 0. The zero-order valence-electron chi connectivity index (χ0n) is 11.8. The molecular weight excluding hydrogens is 268 g/mol. The lowest BCUT2D eigenvalue weighted by Gasteiger charge is -2.14. The maximum absolute atomic E-state index is 12.1. The van der Waals surface area contributed by atoms with Crippen molar-refractivity contribution in [3.63, 3.8) is 0 Å². The van der Waals surface area contributed by atoms with Gasteiger partial charge in [0.1, 0.15) is 0 Å². The summed E-state index contributed by atoms with van der Waals surface area (Å²) in [6.07, 6.45) is 2.81. The van der Waals surface area contributed by atoms with Crippen LogP contribution in [0.5, 0.6) is 0 Å². The molecule has 1 saturated heterocycles. The Bertz CT molecular complexity index is 376. The molecule has 0 saturated carbocycles. The molecule has 2 atom stereocenters. The summed E-state index contributed by atoms with van der Waals surface area (Å²) in [7, 11) is -3.06. The Morgan fingerprint density at radius 2 is 2.05 bits per heavy atom. The first-order valence-corrected chi connectivity index (χ1v) is 8.67. The number of rotatable bonds is 8. The van der Waals surface area contributed by atoms with Gasteiger partial charge in [-0.3, -0.25) is 4.79 Å². The Labute approximate surface area is 115 Å². The molecule has 112 valence electrons. The average Bonchev–Trinajstić information content (AvgIpc) is 2.76. The maximum atomic E-state index is 12.1. The van der Waals surface area contributed by atoms with E-state index in [2.05, 4.69) is 0 Å². The summed E-state index contributed by atoms with van der Waals surface area (Å²) in [5, 5.41) is -0.349. The molecule has 1 rings (SSSR count). The molecule has 0 spiro atoms. The van der Waals surface area contributed by atoms with Crippen LogP contribution in [-0.4, -0.2) is 44.7 Å². The monoisotopic (exact) mass is 292 g/mol. The number of carbonyl (C=O) groups is 1. The van der Waals surface area contributed by atoms with Crippen LogP contribution in [0.1, 0.15) is 46.0 Å². The van der Waals surface area contributed by atoms with Gasteiger partial charge in [-0.15, -0.1) is 0 Å². The van der Waals surface area contributed by atoms with Crippen LogP contribution in [0.4, 0.5) is 0 Å². The molecule has 0 aromatic rings. The Morgan fingerprint density at radius 1 is 1.32 bits per heavy atom. The van der Waals surface area contributed by atoms with Gasteiger partial charge in [-0.05, 0) is 33.1 Å². The molecule has 6 heteroatoms. The second-order valence-corrected chi connectivity index (χ2v) is 7.23. The highest BCUT2D eigenvalue weighted by Crippen LogP contribution is 2.22. The quantitative estimate of drug-likeness (QED) is 0.503. The molecule has 0 aromatic heterocycles. The second-order valence-electron chi connectivity index (χ2n) is 4.89. The van der Waals surface area contributed by atoms with Gasteiger partial charge >= 0.3 is 5.97 Å². The van der Waals surface area contributed by atoms with Crippen molar-refractivity contribution in [2.75, 3.05) is 19.0 Å². The van der Waals surface area contributed by atoms with Crippen LogP contribution < -0.4 is 0 Å². The zero-order valence-corrected chi connectivity index (χ0v) is 12.6. The van der Waals surface area contributed by atoms with E-state index in [1.165, 1.54) is 0 Å². The van der Waals surface area contributed by atoms with E-state index < -0.39 is 9.84 Å². The molecule has 2 unspecified atom stereocenters. The van der Waals surface area contributed by atoms with Crippen molar-refractivity contribution in [2.24, 2.45) is 0 Å². The predicted molar refractivity (Wildman–Crippen MR) is 72.7 cm³/mol. The minimum absolute atomic E-state index is 0.189. The SMILES string of the molecule is CCOC(=O)CCCCCS(=O)(=O)C1CCOC1C. The molecule has 1 heterocycles. The van der Waals surface area contributed by atoms with Crippen LogP contribution >= 0.6 is 0 Å². The van der Waals surface area contributed by atoms with Gasteiger partial charge in [0, 0.05) is 13.0 Å². The van der Waals surface area contributed by atoms with E-state index in [4.69, 9.17) is 9.47 Å². The van der Waals surface area contributed by atoms with Crippen molar-refractivity contribution < 1.29 is 22.7 Å². The number of unbranched alkanes of at least 4 members (excludes halogenated alkanes) is 2. The maximum Gasteiger partial charge on any atom is 0.305 e. The molecule has 1 aliphatic heterocycles. The molecule has 0 N–H and O–H groups in total. The molecule has 0 radical (unpaired) electrons. The lowest BCUT2D eigenvalue weighted by atomic mass is 10.2. The molecular formula is C13H24O5S. The Kier molecular flexibility index (Phi) is 6.79. The summed E-state index contributed by atoms with van der Waals surface area (Å²) >= 11 is 0. The molecule has 5 nitrogen and oxygen atoms in total. The van der Waals surface area contributed by atoms with Crippen molar-refractivity contribution in [3.8, 4) is 0 Å². The molecule has 0 bridgehead atoms. The Morgan fingerprint density at radius 3 is 2.63 bits per heavy atom. The second kappa shape index (κ2) is 7.85. The van der Waals surface area contributed by atoms with Crippen LogP contribution in [-0.2, 0) is 24.1 Å². The van der Waals surface area contributed by atoms with E-state index in [-0.39, 0.29) is 23.1 Å². The van der Waals surface area contributed by atoms with Crippen LogP contribution in [0.2, 0.25) is 0 Å². The smallest absolute Gasteiger partial charge is 0.305 e. The van der Waals surface area contributed by atoms with E-state index in [0.29, 0.717) is 38.9 Å². The molecule has 0 aromatic carbocycles. The normalized spacial score (nSPS) is 23.5. The van der Waals surface area contributed by atoms with Gasteiger partial charge in [0.05, 0.1) is 23.7 Å². The van der Waals surface area contributed by atoms with Crippen LogP contribution in [0, 0.1) is 0 Å². The Balaban J connectivity index is 2.20. The van der Waals surface area contributed by atoms with E-state index in [9.17, 15) is 13.2 Å². The highest BCUT2D eigenvalue weighted by atomic mass is 32.2. The predicted octanol–water partition coefficient (Wildman–Crippen LogP) is 1.70. The van der Waals surface area contributed by atoms with Crippen molar-refractivity contribution in [1.29, 1.82) is 0 Å². The van der Waals surface area contributed by atoms with Crippen molar-refractivity contribution in [3.05, 3.63) is 0 Å². The van der Waals surface area contributed by atoms with E-state index in [0.717, 1.165) is 6.42 Å². The first-order valence-electron chi connectivity index (χ1n) is 6.96. The minimum Gasteiger partial charge on any atom is -0.466 e. The number of hydrogen-bond acceptors (Lipinski definition) is 5. The van der Waals surface area contributed by atoms with Crippen molar-refractivity contribution in [1.82, 2.24) is 0 Å². The zero-order chi connectivity index (χ0) is 14.3. The molecule has 19 heavy (non-hydrogen) atoms. The summed E-state index contributed by atoms with van der Waals surface area (Å²) in [6, 6.07) is 0. The van der Waals surface area contributed by atoms with Crippen molar-refractivity contribution >= 4 is 15.8 Å². The van der Waals surface area contributed by atoms with Gasteiger partial charge < -0.3 is 9.47 Å². The summed E-state index contributed by atoms with van der Waals surface area (Å²) in [4.78, 5) is 11.1. The fraction of sp³-hybridized carbons (Fsp3) is 0.923. The first kappa shape index (κ1) is 16.4. The standard InChI is InChI=1S/C13H24O5S/c1-3-17-13(14)7-5-4-6-10-19(15,16)12-8-9-18-11(12)2/h11-12H,3-10H2,1-2H3. The highest BCUT2D eigenvalue weighted by Gasteiger charge is 2.34. The minimum atomic E-state index is -3.06. The number of hydrogen-bond donors (Lipinski definition) is 0. The van der Waals surface area contributed by atoms with Gasteiger partial charge in [-0.25, -0.2) is 8.42 Å². The number of carbonyl (C=O) groups excluding carboxylic acids is 1. The lowest BCUT2D eigenvalue weighted by Crippen LogP contribution is -2.30. The van der Waals surface area contributed by atoms with Gasteiger partial charge in [-0.2, -0.15) is 0 Å². The van der Waals surface area contributed by atoms with Gasteiger partial charge in [-0.1, -0.05) is 6.42 Å². The molecule has 0 aliphatic carbocycles. The third-order valence-corrected chi connectivity index (χ3v) is 5.78. The van der Waals surface area contributed by atoms with Gasteiger partial charge in [0.25, 0.3) is 0 Å². The first-order chi connectivity index (χ1) is 8.97. The largest absolute Gasteiger partial charge is 0.466 e. The van der Waals surface area contributed by atoms with Crippen molar-refractivity contribution in [2.45, 2.75) is 57.3 Å². The Hall–Kier alpha value is -0.620. The van der Waals surface area contributed by atoms with Gasteiger partial charge in [0.2, 0.25) is 0 Å². The van der Waals surface area contributed by atoms with Crippen LogP contribution in [0.25, 0.3) is 0 Å². The molecule has 1 fully saturated rings. The third kappa shape index (κ3) is 5.48. The van der Waals surface area contributed by atoms with E-state index in [1.54, 1.807) is 6.92 Å². The number of sulfone groups is 1. The summed E-state index contributed by atoms with van der Waals surface area (Å²) in [6.45, 7) is 4.52. The topological polar surface area (TPSA) is 69.7 Å². The van der Waals surface area contributed by atoms with E-state index >= 15 is 0 Å². The van der Waals surface area contributed by atoms with Gasteiger partial charge in [0.15, 0.2) is 9.84 Å². The van der Waals surface area contributed by atoms with Crippen LogP contribution in [0.3, 0.4) is 0 Å². The molecule has 1 aliphatic rings. The fourth-order valence-electron chi connectivity index (χ4n) is 2.32. The average molecular weight is 292 g/mol. The fourth-order valence-corrected chi connectivity index (χ4v) is 4.34. The van der Waals surface area contributed by atoms with Crippen LogP contribution in [0.15, 0.2) is 0 Å². The summed E-state index contributed by atoms with van der Waals surface area (Å²) in [5.74, 6) is -0.0167. The third-order valence-electron chi connectivity index (χ3n) is 3.38. The highest BCUT2D eigenvalue weighted by molar-refractivity contribution is 7.92. The lowest BCUT2D eigenvalue weighted by molar-refractivity contribution is -0.143.